The molecular formula is C7H10N4O5. The molecule has 1 aromatic heterocycles. The molecule has 0 aliphatic heterocycles. The summed E-state index contributed by atoms with van der Waals surface area (Å²) in [5.74, 6) is -1.24. The summed E-state index contributed by atoms with van der Waals surface area (Å²) in [7, 11) is 0. The number of imidazole rings is 1. The van der Waals surface area contributed by atoms with Gasteiger partial charge >= 0.3 is 11.8 Å². The first-order valence-electron chi connectivity index (χ1n) is 4.49. The van der Waals surface area contributed by atoms with E-state index in [1.165, 1.54) is 0 Å². The fourth-order valence-electron chi connectivity index (χ4n) is 1.12. The summed E-state index contributed by atoms with van der Waals surface area (Å²) >= 11 is 0. The zero-order valence-electron chi connectivity index (χ0n) is 8.44. The molecular weight excluding hydrogens is 220 g/mol. The Balaban J connectivity index is 3.05. The van der Waals surface area contributed by atoms with Crippen LogP contribution in [0.4, 0.5) is 11.8 Å². The number of nitrogens with zero attached hydrogens (tertiary/aromatic N) is 4. The van der Waals surface area contributed by atoms with E-state index >= 15 is 0 Å². The zero-order valence-corrected chi connectivity index (χ0v) is 8.44. The van der Waals surface area contributed by atoms with E-state index in [0.29, 0.717) is 6.42 Å². The van der Waals surface area contributed by atoms with E-state index in [4.69, 9.17) is 0 Å². The molecule has 0 saturated heterocycles. The van der Waals surface area contributed by atoms with E-state index in [9.17, 15) is 25.3 Å². The van der Waals surface area contributed by atoms with E-state index in [1.54, 1.807) is 6.92 Å². The Morgan fingerprint density at radius 2 is 2.12 bits per heavy atom. The fraction of sp³-hybridized carbons (Fsp3) is 0.571. The minimum absolute atomic E-state index is 0.0896. The monoisotopic (exact) mass is 230 g/mol. The van der Waals surface area contributed by atoms with Gasteiger partial charge in [0.1, 0.15) is 0 Å². The van der Waals surface area contributed by atoms with Crippen LogP contribution in [0.25, 0.3) is 0 Å². The third kappa shape index (κ3) is 2.51. The molecule has 0 aliphatic carbocycles. The fourth-order valence-corrected chi connectivity index (χ4v) is 1.12. The van der Waals surface area contributed by atoms with Crippen molar-refractivity contribution in [3.05, 3.63) is 26.4 Å². The molecule has 0 fully saturated rings. The number of aliphatic hydroxyl groups is 1. The molecule has 0 aliphatic rings. The molecule has 0 radical (unpaired) electrons. The largest absolute Gasteiger partial charge is 0.439 e. The first-order valence-corrected chi connectivity index (χ1v) is 4.49. The number of aromatic nitrogens is 2. The lowest BCUT2D eigenvalue weighted by Gasteiger charge is -2.05. The topological polar surface area (TPSA) is 124 Å². The quantitative estimate of drug-likeness (QED) is 0.579. The van der Waals surface area contributed by atoms with Crippen LogP contribution in [0.15, 0.2) is 6.20 Å². The van der Waals surface area contributed by atoms with Crippen LogP contribution in [-0.2, 0) is 6.54 Å². The van der Waals surface area contributed by atoms with Crippen molar-refractivity contribution in [3.8, 4) is 0 Å². The van der Waals surface area contributed by atoms with Crippen LogP contribution in [0.3, 0.4) is 0 Å². The minimum atomic E-state index is -0.824. The van der Waals surface area contributed by atoms with Crippen LogP contribution >= 0.6 is 0 Å². The molecule has 0 amide bonds. The molecule has 9 heteroatoms. The Morgan fingerprint density at radius 1 is 1.50 bits per heavy atom. The van der Waals surface area contributed by atoms with Crippen molar-refractivity contribution in [2.75, 3.05) is 0 Å². The van der Waals surface area contributed by atoms with Crippen molar-refractivity contribution < 1.29 is 15.0 Å². The summed E-state index contributed by atoms with van der Waals surface area (Å²) in [6.45, 7) is 1.61. The molecule has 9 nitrogen and oxygen atoms in total. The van der Waals surface area contributed by atoms with Crippen LogP contribution in [0.1, 0.15) is 13.3 Å². The summed E-state index contributed by atoms with van der Waals surface area (Å²) < 4.78 is 0.965. The summed E-state index contributed by atoms with van der Waals surface area (Å²) in [5.41, 5.74) is 0. The zero-order chi connectivity index (χ0) is 12.3. The van der Waals surface area contributed by atoms with E-state index in [2.05, 4.69) is 4.98 Å². The van der Waals surface area contributed by atoms with E-state index in [1.807, 2.05) is 0 Å². The van der Waals surface area contributed by atoms with Gasteiger partial charge in [-0.2, -0.15) is 0 Å². The Hall–Kier alpha value is -2.03. The van der Waals surface area contributed by atoms with E-state index in [-0.39, 0.29) is 6.54 Å². The maximum absolute atomic E-state index is 10.5. The molecule has 88 valence electrons. The lowest BCUT2D eigenvalue weighted by molar-refractivity contribution is -0.403. The molecule has 0 spiro atoms. The summed E-state index contributed by atoms with van der Waals surface area (Å²) in [4.78, 5) is 22.5. The highest BCUT2D eigenvalue weighted by molar-refractivity contribution is 5.24. The summed E-state index contributed by atoms with van der Waals surface area (Å²) in [6.07, 6.45) is 0.535. The Morgan fingerprint density at radius 3 is 2.56 bits per heavy atom. The van der Waals surface area contributed by atoms with Crippen molar-refractivity contribution >= 4 is 11.8 Å². The summed E-state index contributed by atoms with van der Waals surface area (Å²) in [6, 6.07) is 0. The number of rotatable bonds is 5. The van der Waals surface area contributed by atoms with Crippen LogP contribution < -0.4 is 0 Å². The van der Waals surface area contributed by atoms with Crippen molar-refractivity contribution in [2.45, 2.75) is 26.0 Å². The van der Waals surface area contributed by atoms with Gasteiger partial charge < -0.3 is 25.3 Å². The SMILES string of the molecule is CC[C@@H](O)Cn1cc([N+](=O)[O-])nc1[N+](=O)[O-]. The smallest absolute Gasteiger partial charge is 0.390 e. The number of nitro groups is 2. The van der Waals surface area contributed by atoms with Crippen LogP contribution in [0.2, 0.25) is 0 Å². The van der Waals surface area contributed by atoms with Crippen LogP contribution in [-0.4, -0.2) is 30.6 Å². The predicted molar refractivity (Wildman–Crippen MR) is 51.8 cm³/mol. The standard InChI is InChI=1S/C7H10N4O5/c1-2-5(12)3-9-4-6(10(13)14)8-7(9)11(15)16/h4-5,12H,2-3H2,1H3/t5-/m1/s1. The molecule has 1 heterocycles. The third-order valence-electron chi connectivity index (χ3n) is 1.97. The second kappa shape index (κ2) is 4.66. The van der Waals surface area contributed by atoms with Crippen LogP contribution in [0, 0.1) is 20.2 Å². The predicted octanol–water partition coefficient (Wildman–Crippen LogP) is 0.470. The van der Waals surface area contributed by atoms with Gasteiger partial charge in [0, 0.05) is 0 Å². The second-order valence-electron chi connectivity index (χ2n) is 3.13. The van der Waals surface area contributed by atoms with E-state index < -0.39 is 27.7 Å². The number of hydrogen-bond acceptors (Lipinski definition) is 6. The molecule has 1 aromatic rings. The van der Waals surface area contributed by atoms with Gasteiger partial charge in [-0.05, 0) is 21.3 Å². The van der Waals surface area contributed by atoms with Crippen LogP contribution in [0.5, 0.6) is 0 Å². The van der Waals surface area contributed by atoms with Crippen molar-refractivity contribution in [1.29, 1.82) is 0 Å². The van der Waals surface area contributed by atoms with Crippen molar-refractivity contribution in [1.82, 2.24) is 9.55 Å². The lowest BCUT2D eigenvalue weighted by atomic mass is 10.3. The molecule has 1 rings (SSSR count). The third-order valence-corrected chi connectivity index (χ3v) is 1.97. The highest BCUT2D eigenvalue weighted by atomic mass is 16.6. The molecule has 0 aromatic carbocycles. The van der Waals surface area contributed by atoms with Gasteiger partial charge in [0.05, 0.1) is 12.6 Å². The average Bonchev–Trinajstić information content (AvgIpc) is 2.61. The van der Waals surface area contributed by atoms with Gasteiger partial charge in [0.2, 0.25) is 0 Å². The molecule has 16 heavy (non-hydrogen) atoms. The molecule has 0 unspecified atom stereocenters. The van der Waals surface area contributed by atoms with Crippen molar-refractivity contribution in [3.63, 3.8) is 0 Å². The first kappa shape index (κ1) is 12.0. The lowest BCUT2D eigenvalue weighted by Crippen LogP contribution is -2.15. The maximum Gasteiger partial charge on any atom is 0.439 e. The van der Waals surface area contributed by atoms with E-state index in [0.717, 1.165) is 10.8 Å². The second-order valence-corrected chi connectivity index (χ2v) is 3.13. The molecule has 0 saturated carbocycles. The minimum Gasteiger partial charge on any atom is -0.390 e. The average molecular weight is 230 g/mol. The first-order chi connectivity index (χ1) is 7.45. The van der Waals surface area contributed by atoms with Crippen molar-refractivity contribution in [2.24, 2.45) is 0 Å². The Bertz CT molecular complexity index is 415. The Kier molecular flexibility index (Phi) is 3.51. The molecule has 1 N–H and O–H groups in total. The van der Waals surface area contributed by atoms with Gasteiger partial charge in [0.25, 0.3) is 0 Å². The van der Waals surface area contributed by atoms with Gasteiger partial charge in [0.15, 0.2) is 6.20 Å². The number of hydrogen-bond donors (Lipinski definition) is 1. The summed E-state index contributed by atoms with van der Waals surface area (Å²) in [5, 5.41) is 30.3. The highest BCUT2D eigenvalue weighted by Gasteiger charge is 2.24. The van der Waals surface area contributed by atoms with Gasteiger partial charge in [-0.25, -0.2) is 4.57 Å². The highest BCUT2D eigenvalue weighted by Crippen LogP contribution is 2.18. The maximum atomic E-state index is 10.5. The van der Waals surface area contributed by atoms with Gasteiger partial charge in [-0.15, -0.1) is 0 Å². The molecule has 1 atom stereocenters. The molecule has 0 bridgehead atoms. The number of aliphatic hydroxyl groups excluding tert-OH is 1. The Labute approximate surface area is 89.6 Å². The van der Waals surface area contributed by atoms with Gasteiger partial charge in [-0.3, -0.25) is 0 Å². The normalized spacial score (nSPS) is 12.4. The van der Waals surface area contributed by atoms with Gasteiger partial charge in [-0.1, -0.05) is 6.92 Å².